The number of hydrogen-bond acceptors (Lipinski definition) is 5. The van der Waals surface area contributed by atoms with Gasteiger partial charge in [0.1, 0.15) is 5.82 Å². The predicted octanol–water partition coefficient (Wildman–Crippen LogP) is 2.03. The van der Waals surface area contributed by atoms with Gasteiger partial charge in [-0.15, -0.1) is 0 Å². The number of aryl methyl sites for hydroxylation is 1. The molecule has 100 valence electrons. The molecule has 2 N–H and O–H groups in total. The van der Waals surface area contributed by atoms with E-state index in [1.807, 2.05) is 0 Å². The first-order valence-electron chi connectivity index (χ1n) is 6.98. The largest absolute Gasteiger partial charge is 0.368 e. The molecule has 18 heavy (non-hydrogen) atoms. The van der Waals surface area contributed by atoms with Crippen molar-refractivity contribution in [1.29, 1.82) is 0 Å². The second kappa shape index (κ2) is 5.98. The standard InChI is InChI=1S/C13H23N5/c1-3-6-11-15-12(14)17-13(16-11)18(4-2)9-10-7-5-8-10/h10H,3-9H2,1-2H3,(H2,14,15,16,17). The van der Waals surface area contributed by atoms with Crippen LogP contribution in [0.3, 0.4) is 0 Å². The second-order valence-corrected chi connectivity index (χ2v) is 5.00. The minimum absolute atomic E-state index is 0.343. The number of nitrogen functional groups attached to an aromatic ring is 1. The number of anilines is 2. The highest BCUT2D eigenvalue weighted by molar-refractivity contribution is 5.34. The van der Waals surface area contributed by atoms with Crippen molar-refractivity contribution in [1.82, 2.24) is 15.0 Å². The molecule has 0 saturated heterocycles. The molecule has 0 aliphatic heterocycles. The fraction of sp³-hybridized carbons (Fsp3) is 0.769. The third kappa shape index (κ3) is 3.09. The van der Waals surface area contributed by atoms with Crippen LogP contribution in [0, 0.1) is 5.92 Å². The van der Waals surface area contributed by atoms with Gasteiger partial charge in [0.05, 0.1) is 0 Å². The first-order valence-corrected chi connectivity index (χ1v) is 6.98. The molecule has 1 saturated carbocycles. The van der Waals surface area contributed by atoms with Crippen molar-refractivity contribution in [3.63, 3.8) is 0 Å². The number of nitrogens with two attached hydrogens (primary N) is 1. The number of aromatic nitrogens is 3. The van der Waals surface area contributed by atoms with Crippen LogP contribution in [0.15, 0.2) is 0 Å². The molecule has 0 amide bonds. The molecule has 1 aliphatic carbocycles. The topological polar surface area (TPSA) is 67.9 Å². The second-order valence-electron chi connectivity index (χ2n) is 5.00. The Morgan fingerprint density at radius 1 is 1.22 bits per heavy atom. The van der Waals surface area contributed by atoms with Crippen molar-refractivity contribution in [3.05, 3.63) is 5.82 Å². The summed E-state index contributed by atoms with van der Waals surface area (Å²) in [6.07, 6.45) is 5.92. The molecule has 1 aromatic rings. The lowest BCUT2D eigenvalue weighted by molar-refractivity contribution is 0.317. The van der Waals surface area contributed by atoms with Crippen LogP contribution in [0.1, 0.15) is 45.4 Å². The van der Waals surface area contributed by atoms with Gasteiger partial charge in [0, 0.05) is 19.5 Å². The fourth-order valence-corrected chi connectivity index (χ4v) is 2.24. The molecule has 0 atom stereocenters. The van der Waals surface area contributed by atoms with E-state index in [1.54, 1.807) is 0 Å². The van der Waals surface area contributed by atoms with Crippen molar-refractivity contribution >= 4 is 11.9 Å². The SMILES string of the molecule is CCCc1nc(N)nc(N(CC)CC2CCC2)n1. The van der Waals surface area contributed by atoms with E-state index in [-0.39, 0.29) is 0 Å². The van der Waals surface area contributed by atoms with Gasteiger partial charge in [-0.1, -0.05) is 13.3 Å². The highest BCUT2D eigenvalue weighted by atomic mass is 15.3. The predicted molar refractivity (Wildman–Crippen MR) is 73.5 cm³/mol. The maximum absolute atomic E-state index is 5.77. The Labute approximate surface area is 109 Å². The summed E-state index contributed by atoms with van der Waals surface area (Å²) in [5.74, 6) is 2.71. The lowest BCUT2D eigenvalue weighted by Crippen LogP contribution is -2.34. The molecule has 1 aromatic heterocycles. The first-order chi connectivity index (χ1) is 8.72. The average Bonchev–Trinajstić information content (AvgIpc) is 2.27. The molecule has 0 unspecified atom stereocenters. The van der Waals surface area contributed by atoms with Gasteiger partial charge in [-0.05, 0) is 32.1 Å². The molecule has 2 rings (SSSR count). The summed E-state index contributed by atoms with van der Waals surface area (Å²) in [6, 6.07) is 0. The summed E-state index contributed by atoms with van der Waals surface area (Å²) < 4.78 is 0. The summed E-state index contributed by atoms with van der Waals surface area (Å²) in [6.45, 7) is 6.22. The van der Waals surface area contributed by atoms with Crippen molar-refractivity contribution in [3.8, 4) is 0 Å². The zero-order valence-electron chi connectivity index (χ0n) is 11.4. The quantitative estimate of drug-likeness (QED) is 0.835. The van der Waals surface area contributed by atoms with Crippen LogP contribution in [0.5, 0.6) is 0 Å². The van der Waals surface area contributed by atoms with Crippen molar-refractivity contribution in [2.75, 3.05) is 23.7 Å². The summed E-state index contributed by atoms with van der Waals surface area (Å²) in [4.78, 5) is 15.2. The van der Waals surface area contributed by atoms with Gasteiger partial charge < -0.3 is 10.6 Å². The van der Waals surface area contributed by atoms with E-state index in [2.05, 4.69) is 33.7 Å². The van der Waals surface area contributed by atoms with E-state index >= 15 is 0 Å². The summed E-state index contributed by atoms with van der Waals surface area (Å²) >= 11 is 0. The molecule has 1 fully saturated rings. The number of hydrogen-bond donors (Lipinski definition) is 1. The first kappa shape index (κ1) is 13.1. The highest BCUT2D eigenvalue weighted by Gasteiger charge is 2.21. The normalized spacial score (nSPS) is 15.4. The van der Waals surface area contributed by atoms with Crippen molar-refractivity contribution < 1.29 is 0 Å². The van der Waals surface area contributed by atoms with Gasteiger partial charge in [0.15, 0.2) is 0 Å². The van der Waals surface area contributed by atoms with Crippen molar-refractivity contribution in [2.24, 2.45) is 5.92 Å². The van der Waals surface area contributed by atoms with Crippen LogP contribution >= 0.6 is 0 Å². The summed E-state index contributed by atoms with van der Waals surface area (Å²) in [7, 11) is 0. The Morgan fingerprint density at radius 2 is 2.00 bits per heavy atom. The van der Waals surface area contributed by atoms with Crippen molar-refractivity contribution in [2.45, 2.75) is 46.0 Å². The number of nitrogens with zero attached hydrogens (tertiary/aromatic N) is 4. The monoisotopic (exact) mass is 249 g/mol. The van der Waals surface area contributed by atoms with Gasteiger partial charge in [-0.2, -0.15) is 15.0 Å². The molecule has 0 bridgehead atoms. The highest BCUT2D eigenvalue weighted by Crippen LogP contribution is 2.28. The van der Waals surface area contributed by atoms with Crippen LogP contribution in [-0.4, -0.2) is 28.0 Å². The van der Waals surface area contributed by atoms with E-state index in [9.17, 15) is 0 Å². The van der Waals surface area contributed by atoms with Crippen LogP contribution in [0.25, 0.3) is 0 Å². The Kier molecular flexibility index (Phi) is 4.33. The Balaban J connectivity index is 2.12. The Hall–Kier alpha value is -1.39. The maximum atomic E-state index is 5.77. The summed E-state index contributed by atoms with van der Waals surface area (Å²) in [5.41, 5.74) is 5.77. The van der Waals surface area contributed by atoms with E-state index in [0.717, 1.165) is 43.6 Å². The molecule has 1 heterocycles. The summed E-state index contributed by atoms with van der Waals surface area (Å²) in [5, 5.41) is 0. The molecule has 0 spiro atoms. The third-order valence-electron chi connectivity index (χ3n) is 3.53. The van der Waals surface area contributed by atoms with E-state index < -0.39 is 0 Å². The van der Waals surface area contributed by atoms with Gasteiger partial charge in [0.2, 0.25) is 11.9 Å². The third-order valence-corrected chi connectivity index (χ3v) is 3.53. The fourth-order valence-electron chi connectivity index (χ4n) is 2.24. The minimum atomic E-state index is 0.343. The molecule has 1 aliphatic rings. The molecular weight excluding hydrogens is 226 g/mol. The smallest absolute Gasteiger partial charge is 0.230 e. The molecule has 5 nitrogen and oxygen atoms in total. The molecule has 0 aromatic carbocycles. The van der Waals surface area contributed by atoms with E-state index in [1.165, 1.54) is 19.3 Å². The Bertz CT molecular complexity index is 389. The van der Waals surface area contributed by atoms with Crippen LogP contribution in [-0.2, 0) is 6.42 Å². The van der Waals surface area contributed by atoms with Gasteiger partial charge in [0.25, 0.3) is 0 Å². The van der Waals surface area contributed by atoms with Gasteiger partial charge in [-0.25, -0.2) is 0 Å². The molecule has 5 heteroatoms. The van der Waals surface area contributed by atoms with Crippen LogP contribution in [0.2, 0.25) is 0 Å². The average molecular weight is 249 g/mol. The number of rotatable bonds is 6. The van der Waals surface area contributed by atoms with Crippen LogP contribution in [0.4, 0.5) is 11.9 Å². The lowest BCUT2D eigenvalue weighted by atomic mass is 9.85. The van der Waals surface area contributed by atoms with E-state index in [4.69, 9.17) is 5.73 Å². The van der Waals surface area contributed by atoms with Gasteiger partial charge >= 0.3 is 0 Å². The zero-order chi connectivity index (χ0) is 13.0. The van der Waals surface area contributed by atoms with Crippen LogP contribution < -0.4 is 10.6 Å². The lowest BCUT2D eigenvalue weighted by Gasteiger charge is -2.31. The zero-order valence-corrected chi connectivity index (χ0v) is 11.4. The minimum Gasteiger partial charge on any atom is -0.368 e. The Morgan fingerprint density at radius 3 is 2.56 bits per heavy atom. The molecule has 0 radical (unpaired) electrons. The molecular formula is C13H23N5. The van der Waals surface area contributed by atoms with E-state index in [0.29, 0.717) is 5.95 Å². The van der Waals surface area contributed by atoms with Gasteiger partial charge in [-0.3, -0.25) is 0 Å². The maximum Gasteiger partial charge on any atom is 0.230 e.